The Hall–Kier alpha value is -2.53. The number of aliphatic carboxylic acids is 1. The molecule has 0 bridgehead atoms. The summed E-state index contributed by atoms with van der Waals surface area (Å²) in [5.41, 5.74) is 5.01. The van der Waals surface area contributed by atoms with E-state index in [-0.39, 0.29) is 36.1 Å². The lowest BCUT2D eigenvalue weighted by molar-refractivity contribution is -0.230. The van der Waals surface area contributed by atoms with Crippen molar-refractivity contribution in [3.05, 3.63) is 58.7 Å². The van der Waals surface area contributed by atoms with E-state index in [9.17, 15) is 4.79 Å². The number of hydrogen-bond acceptors (Lipinski definition) is 4. The molecule has 4 atom stereocenters. The van der Waals surface area contributed by atoms with Crippen molar-refractivity contribution in [3.8, 4) is 11.5 Å². The van der Waals surface area contributed by atoms with Crippen molar-refractivity contribution in [1.82, 2.24) is 0 Å². The van der Waals surface area contributed by atoms with Gasteiger partial charge < -0.3 is 19.3 Å². The van der Waals surface area contributed by atoms with E-state index in [0.29, 0.717) is 6.61 Å². The first-order chi connectivity index (χ1) is 14.3. The molecule has 5 rings (SSSR count). The normalized spacial score (nSPS) is 28.2. The Labute approximate surface area is 177 Å². The van der Waals surface area contributed by atoms with Crippen LogP contribution >= 0.6 is 0 Å². The Kier molecular flexibility index (Phi) is 4.55. The van der Waals surface area contributed by atoms with E-state index >= 15 is 0 Å². The third-order valence-electron chi connectivity index (χ3n) is 7.16. The van der Waals surface area contributed by atoms with Gasteiger partial charge in [0.2, 0.25) is 0 Å². The second-order valence-electron chi connectivity index (χ2n) is 9.35. The highest BCUT2D eigenvalue weighted by Crippen LogP contribution is 2.53. The fraction of sp³-hybridized carbons (Fsp3) is 0.480. The topological polar surface area (TPSA) is 65.0 Å². The van der Waals surface area contributed by atoms with Crippen LogP contribution in [-0.4, -0.2) is 23.8 Å². The van der Waals surface area contributed by atoms with E-state index in [1.165, 1.54) is 16.7 Å². The summed E-state index contributed by atoms with van der Waals surface area (Å²) in [5, 5.41) is 9.08. The zero-order valence-corrected chi connectivity index (χ0v) is 17.7. The largest absolute Gasteiger partial charge is 0.492 e. The number of carboxylic acid groups (broad SMARTS) is 1. The van der Waals surface area contributed by atoms with Crippen molar-refractivity contribution in [3.63, 3.8) is 0 Å². The Morgan fingerprint density at radius 1 is 1.20 bits per heavy atom. The first kappa shape index (κ1) is 19.4. The highest BCUT2D eigenvalue weighted by atomic mass is 16.5. The first-order valence-corrected chi connectivity index (χ1v) is 10.8. The van der Waals surface area contributed by atoms with E-state index in [0.717, 1.165) is 29.9 Å². The van der Waals surface area contributed by atoms with Crippen molar-refractivity contribution in [1.29, 1.82) is 0 Å². The lowest BCUT2D eigenvalue weighted by atomic mass is 9.72. The molecule has 0 radical (unpaired) electrons. The van der Waals surface area contributed by atoms with Crippen LogP contribution in [0.4, 0.5) is 0 Å². The number of carboxylic acids is 1. The van der Waals surface area contributed by atoms with Gasteiger partial charge in [0.15, 0.2) is 0 Å². The predicted molar refractivity (Wildman–Crippen MR) is 112 cm³/mol. The molecule has 1 saturated heterocycles. The summed E-state index contributed by atoms with van der Waals surface area (Å²) in [4.78, 5) is 11.0. The molecule has 2 heterocycles. The smallest absolute Gasteiger partial charge is 0.304 e. The molecule has 2 aromatic rings. The standard InChI is InChI=1S/C25H28O5/c1-14-25(2,3)24(29-14)20-6-4-5-19-18(20)9-10-21(19)30-16-7-8-17-15(11-23(26)27)13-28-22(17)12-16/h4-8,12,14-15,21,24H,9-11,13H2,1-3H3,(H,26,27)/t14?,15?,21-,24?/m1/s1. The maximum atomic E-state index is 11.0. The van der Waals surface area contributed by atoms with Crippen molar-refractivity contribution < 1.29 is 24.1 Å². The van der Waals surface area contributed by atoms with Gasteiger partial charge in [-0.2, -0.15) is 0 Å². The molecular weight excluding hydrogens is 380 g/mol. The molecule has 0 saturated carbocycles. The third kappa shape index (κ3) is 3.07. The van der Waals surface area contributed by atoms with Crippen LogP contribution in [0, 0.1) is 5.41 Å². The minimum Gasteiger partial charge on any atom is -0.492 e. The fourth-order valence-electron chi connectivity index (χ4n) is 5.06. The summed E-state index contributed by atoms with van der Waals surface area (Å²) >= 11 is 0. The van der Waals surface area contributed by atoms with E-state index in [4.69, 9.17) is 19.3 Å². The maximum Gasteiger partial charge on any atom is 0.304 e. The van der Waals surface area contributed by atoms with Crippen molar-refractivity contribution in [2.75, 3.05) is 6.61 Å². The van der Waals surface area contributed by atoms with Gasteiger partial charge in [0.05, 0.1) is 25.2 Å². The lowest BCUT2D eigenvalue weighted by Crippen LogP contribution is -2.48. The van der Waals surface area contributed by atoms with Gasteiger partial charge in [0.25, 0.3) is 0 Å². The third-order valence-corrected chi connectivity index (χ3v) is 7.16. The summed E-state index contributed by atoms with van der Waals surface area (Å²) in [6, 6.07) is 12.3. The number of fused-ring (bicyclic) bond motifs is 2. The molecule has 2 aliphatic heterocycles. The molecule has 30 heavy (non-hydrogen) atoms. The average molecular weight is 408 g/mol. The zero-order chi connectivity index (χ0) is 21.0. The van der Waals surface area contributed by atoms with Crippen LogP contribution in [-0.2, 0) is 16.0 Å². The summed E-state index contributed by atoms with van der Waals surface area (Å²) in [7, 11) is 0. The van der Waals surface area contributed by atoms with E-state index < -0.39 is 5.97 Å². The Bertz CT molecular complexity index is 995. The van der Waals surface area contributed by atoms with E-state index in [1.807, 2.05) is 18.2 Å². The molecule has 5 heteroatoms. The molecule has 158 valence electrons. The van der Waals surface area contributed by atoms with Gasteiger partial charge in [-0.1, -0.05) is 38.1 Å². The average Bonchev–Trinajstić information content (AvgIpc) is 3.30. The van der Waals surface area contributed by atoms with E-state index in [1.54, 1.807) is 0 Å². The summed E-state index contributed by atoms with van der Waals surface area (Å²) in [5.74, 6) is 0.615. The van der Waals surface area contributed by atoms with Crippen LogP contribution in [0.25, 0.3) is 0 Å². The monoisotopic (exact) mass is 408 g/mol. The van der Waals surface area contributed by atoms with Gasteiger partial charge in [-0.3, -0.25) is 4.79 Å². The molecule has 1 fully saturated rings. The minimum absolute atomic E-state index is 0.00910. The van der Waals surface area contributed by atoms with Crippen molar-refractivity contribution in [2.45, 2.75) is 64.3 Å². The number of rotatable bonds is 5. The predicted octanol–water partition coefficient (Wildman–Crippen LogP) is 5.19. The van der Waals surface area contributed by atoms with Crippen LogP contribution in [0.15, 0.2) is 36.4 Å². The van der Waals surface area contributed by atoms with Crippen LogP contribution in [0.5, 0.6) is 11.5 Å². The van der Waals surface area contributed by atoms with Crippen LogP contribution < -0.4 is 9.47 Å². The highest BCUT2D eigenvalue weighted by molar-refractivity contribution is 5.68. The summed E-state index contributed by atoms with van der Waals surface area (Å²) in [6.45, 7) is 7.10. The molecule has 3 unspecified atom stereocenters. The Morgan fingerprint density at radius 2 is 2.00 bits per heavy atom. The van der Waals surface area contributed by atoms with Gasteiger partial charge in [0.1, 0.15) is 17.6 Å². The van der Waals surface area contributed by atoms with Crippen LogP contribution in [0.1, 0.15) is 74.0 Å². The van der Waals surface area contributed by atoms with Crippen molar-refractivity contribution >= 4 is 5.97 Å². The first-order valence-electron chi connectivity index (χ1n) is 10.8. The van der Waals surface area contributed by atoms with Gasteiger partial charge in [0, 0.05) is 23.0 Å². The summed E-state index contributed by atoms with van der Waals surface area (Å²) < 4.78 is 18.2. The second-order valence-corrected chi connectivity index (χ2v) is 9.35. The number of hydrogen-bond donors (Lipinski definition) is 1. The quantitative estimate of drug-likeness (QED) is 0.738. The Balaban J connectivity index is 1.36. The van der Waals surface area contributed by atoms with Gasteiger partial charge in [-0.05, 0) is 42.5 Å². The van der Waals surface area contributed by atoms with E-state index in [2.05, 4.69) is 39.0 Å². The van der Waals surface area contributed by atoms with Crippen molar-refractivity contribution in [2.24, 2.45) is 5.41 Å². The lowest BCUT2D eigenvalue weighted by Gasteiger charge is -2.51. The zero-order valence-electron chi connectivity index (χ0n) is 17.7. The summed E-state index contributed by atoms with van der Waals surface area (Å²) in [6.07, 6.45) is 2.43. The van der Waals surface area contributed by atoms with Gasteiger partial charge >= 0.3 is 5.97 Å². The molecule has 0 spiro atoms. The maximum absolute atomic E-state index is 11.0. The molecule has 0 amide bonds. The molecule has 5 nitrogen and oxygen atoms in total. The molecule has 2 aromatic carbocycles. The Morgan fingerprint density at radius 3 is 2.73 bits per heavy atom. The molecule has 0 aromatic heterocycles. The van der Waals surface area contributed by atoms with Gasteiger partial charge in [-0.25, -0.2) is 0 Å². The molecule has 1 N–H and O–H groups in total. The number of ether oxygens (including phenoxy) is 3. The molecular formula is C25H28O5. The van der Waals surface area contributed by atoms with Gasteiger partial charge in [-0.15, -0.1) is 0 Å². The molecule has 3 aliphatic rings. The SMILES string of the molecule is CC1OC(c2cccc3c2CC[C@H]3Oc2ccc3c(c2)OCC3CC(=O)O)C1(C)C. The molecule has 1 aliphatic carbocycles. The highest BCUT2D eigenvalue weighted by Gasteiger charge is 2.49. The van der Waals surface area contributed by atoms with Crippen LogP contribution in [0.2, 0.25) is 0 Å². The van der Waals surface area contributed by atoms with Crippen LogP contribution in [0.3, 0.4) is 0 Å². The number of carbonyl (C=O) groups is 1. The second kappa shape index (κ2) is 7.02. The number of benzene rings is 2. The fourth-order valence-corrected chi connectivity index (χ4v) is 5.06. The minimum atomic E-state index is -0.803.